The first kappa shape index (κ1) is 78.1. The monoisotopic (exact) mass is 1390 g/mol. The van der Waals surface area contributed by atoms with Crippen LogP contribution in [0.1, 0.15) is 206 Å². The van der Waals surface area contributed by atoms with Gasteiger partial charge in [-0.2, -0.15) is 29.5 Å². The summed E-state index contributed by atoms with van der Waals surface area (Å²) in [5.74, 6) is 2.20. The number of ether oxygens (including phenoxy) is 3. The van der Waals surface area contributed by atoms with Crippen LogP contribution in [0.15, 0.2) is 110 Å². The first-order chi connectivity index (χ1) is 46.4. The van der Waals surface area contributed by atoms with Gasteiger partial charge in [-0.15, -0.1) is 0 Å². The summed E-state index contributed by atoms with van der Waals surface area (Å²) in [6.45, 7) is 6.78. The number of aliphatic hydroxyl groups is 2. The first-order valence-corrected chi connectivity index (χ1v) is 33.8. The maximum Gasteiger partial charge on any atom is 1.00 e. The molecule has 6 aromatic heterocycles. The van der Waals surface area contributed by atoms with Crippen LogP contribution >= 0.6 is 0 Å². The SMILES string of the molecule is C.C.C.Cc1cccc(C(=O)Nc2cc3cn(C4CCC(=O)CC4)nc3cc2OCC2CC2)[n+]1[O-].Cc1cccc(C(=O)Nc2cc3cn(C4CCC(O)CC4)nc3cc2OCC2CC2)[n+]1[O-].Cc1cccc(C(=O)Nc2cc3cn(C4CCC(O)CC4)nc3cc2OCC2CC2)[n+]1[O-].[B].[H-].[Na+]. The zero-order valence-electron chi connectivity index (χ0n) is 56.9. The number of aliphatic hydroxyl groups excluding tert-OH is 2. The Kier molecular flexibility index (Phi) is 26.6. The molecule has 15 rings (SSSR count). The number of amides is 3. The molecule has 6 heterocycles. The Morgan fingerprint density at radius 3 is 1.02 bits per heavy atom. The van der Waals surface area contributed by atoms with Crippen molar-refractivity contribution >= 4 is 81.7 Å². The predicted octanol–water partition coefficient (Wildman–Crippen LogP) is 9.34. The number of benzene rings is 3. The Hall–Kier alpha value is -8.62. The number of hydrogen-bond acceptors (Lipinski definition) is 15. The van der Waals surface area contributed by atoms with Crippen molar-refractivity contribution in [2.75, 3.05) is 35.8 Å². The van der Waals surface area contributed by atoms with Gasteiger partial charge in [-0.1, -0.05) is 22.3 Å². The van der Waals surface area contributed by atoms with E-state index >= 15 is 0 Å². The van der Waals surface area contributed by atoms with Crippen molar-refractivity contribution in [3.63, 3.8) is 0 Å². The molecule has 0 unspecified atom stereocenters. The van der Waals surface area contributed by atoms with Gasteiger partial charge in [0.25, 0.3) is 17.1 Å². The number of fused-ring (bicyclic) bond motifs is 3. The molecular weight excluding hydrogens is 1290 g/mol. The van der Waals surface area contributed by atoms with Gasteiger partial charge in [0.15, 0.2) is 17.1 Å². The molecule has 6 aliphatic rings. The zero-order valence-corrected chi connectivity index (χ0v) is 57.9. The van der Waals surface area contributed by atoms with Gasteiger partial charge in [0.05, 0.1) is 83.8 Å². The molecule has 5 N–H and O–H groups in total. The number of hydrogen-bond donors (Lipinski definition) is 5. The Morgan fingerprint density at radius 2 is 0.743 bits per heavy atom. The minimum Gasteiger partial charge on any atom is -1.00 e. The molecule has 3 aromatic carbocycles. The molecule has 26 heteroatoms. The third kappa shape index (κ3) is 19.1. The summed E-state index contributed by atoms with van der Waals surface area (Å²) in [4.78, 5) is 50.2. The number of rotatable bonds is 18. The van der Waals surface area contributed by atoms with E-state index in [1.54, 1.807) is 57.2 Å². The summed E-state index contributed by atoms with van der Waals surface area (Å²) in [5, 5.41) is 82.0. The van der Waals surface area contributed by atoms with E-state index in [0.717, 1.165) is 135 Å². The quantitative estimate of drug-likeness (QED) is 0.0304. The molecule has 3 amide bonds. The van der Waals surface area contributed by atoms with E-state index in [9.17, 15) is 45.0 Å². The molecule has 6 fully saturated rings. The van der Waals surface area contributed by atoms with Crippen LogP contribution in [-0.4, -0.2) is 104 Å². The van der Waals surface area contributed by atoms with E-state index in [2.05, 4.69) is 16.0 Å². The molecule has 531 valence electrons. The number of aryl methyl sites for hydroxylation is 3. The summed E-state index contributed by atoms with van der Waals surface area (Å²) in [6, 6.07) is 26.4. The van der Waals surface area contributed by atoms with E-state index in [-0.39, 0.29) is 109 Å². The van der Waals surface area contributed by atoms with E-state index in [1.165, 1.54) is 18.2 Å². The van der Waals surface area contributed by atoms with Gasteiger partial charge in [-0.25, -0.2) is 0 Å². The second-order valence-corrected chi connectivity index (χ2v) is 26.9. The number of carbonyl (C=O) groups is 4. The molecule has 0 atom stereocenters. The van der Waals surface area contributed by atoms with Gasteiger partial charge in [0.2, 0.25) is 0 Å². The van der Waals surface area contributed by atoms with Crippen LogP contribution < -0.4 is 73.9 Å². The van der Waals surface area contributed by atoms with Gasteiger partial charge >= 0.3 is 47.3 Å². The number of anilines is 3. The van der Waals surface area contributed by atoms with Crippen molar-refractivity contribution in [3.8, 4) is 17.2 Å². The van der Waals surface area contributed by atoms with E-state index < -0.39 is 17.7 Å². The molecule has 0 saturated heterocycles. The van der Waals surface area contributed by atoms with Gasteiger partial charge in [-0.05, 0) is 157 Å². The molecule has 9 aromatic rings. The number of Topliss-reactive ketones (excluding diaryl/α,β-unsaturated/α-hetero) is 1. The minimum absolute atomic E-state index is 0. The van der Waals surface area contributed by atoms with Crippen molar-refractivity contribution in [3.05, 3.63) is 159 Å². The summed E-state index contributed by atoms with van der Waals surface area (Å²) < 4.78 is 25.9. The number of carbonyl (C=O) groups excluding carboxylic acids is 4. The first-order valence-electron chi connectivity index (χ1n) is 33.8. The number of nitrogens with one attached hydrogen (secondary N) is 3. The summed E-state index contributed by atoms with van der Waals surface area (Å²) in [7, 11) is 0. The van der Waals surface area contributed by atoms with E-state index in [4.69, 9.17) is 29.5 Å². The molecule has 101 heavy (non-hydrogen) atoms. The number of aromatic nitrogens is 9. The normalized spacial score (nSPS) is 18.6. The van der Waals surface area contributed by atoms with Gasteiger partial charge in [-0.3, -0.25) is 33.2 Å². The maximum atomic E-state index is 12.9. The largest absolute Gasteiger partial charge is 1.00 e. The fourth-order valence-corrected chi connectivity index (χ4v) is 12.6. The summed E-state index contributed by atoms with van der Waals surface area (Å²) in [6.07, 6.45) is 21.9. The molecular formula is C75H95BN12NaO12. The predicted molar refractivity (Wildman–Crippen MR) is 385 cm³/mol. The number of ketones is 1. The van der Waals surface area contributed by atoms with E-state index in [0.29, 0.717) is 122 Å². The van der Waals surface area contributed by atoms with Crippen LogP contribution in [0, 0.1) is 54.1 Å². The smallest absolute Gasteiger partial charge is 1.00 e. The molecule has 24 nitrogen and oxygen atoms in total. The van der Waals surface area contributed by atoms with Crippen LogP contribution in [0.4, 0.5) is 17.1 Å². The van der Waals surface area contributed by atoms with Crippen LogP contribution in [-0.2, 0) is 4.79 Å². The van der Waals surface area contributed by atoms with Crippen molar-refractivity contribution in [1.82, 2.24) is 29.3 Å². The zero-order chi connectivity index (χ0) is 66.7. The average Bonchev–Trinajstić information content (AvgIpc) is 1.65. The van der Waals surface area contributed by atoms with Crippen molar-refractivity contribution in [2.45, 2.75) is 189 Å². The molecule has 0 aliphatic heterocycles. The standard InChI is InChI=1S/2C24H28N4O4.C24H26N4O4.3CH4.B.Na.H/c3*1-15-3-2-4-22(28(15)31)24(30)25-21-11-17-13-27(18-7-9-19(29)10-8-18)26-20(17)12-23(21)32-14-16-5-6-16;;;;;;/h2*2-4,11-13,16,18-19,29H,5-10,14H2,1H3,(H,25,30);2-4,11-13,16,18H,5-10,14H2,1H3,(H,25,30);3*1H4;;;/q;;;;;;;+1;-1. The van der Waals surface area contributed by atoms with Gasteiger partial charge in [0, 0.05) is 131 Å². The topological polar surface area (TPSA) is 307 Å². The fourth-order valence-electron chi connectivity index (χ4n) is 12.6. The molecule has 3 radical (unpaired) electrons. The Balaban J connectivity index is 0.000000208. The maximum absolute atomic E-state index is 12.9. The fraction of sp³-hybridized carbons (Fsp3) is 0.467. The minimum atomic E-state index is -0.488. The Labute approximate surface area is 615 Å². The van der Waals surface area contributed by atoms with Gasteiger partial charge < -0.3 is 57.4 Å². The molecule has 0 bridgehead atoms. The molecule has 0 spiro atoms. The summed E-state index contributed by atoms with van der Waals surface area (Å²) >= 11 is 0. The Morgan fingerprint density at radius 1 is 0.465 bits per heavy atom. The van der Waals surface area contributed by atoms with Crippen molar-refractivity contribution in [2.24, 2.45) is 17.8 Å². The van der Waals surface area contributed by atoms with Crippen LogP contribution in [0.5, 0.6) is 17.2 Å². The average molecular weight is 1390 g/mol. The van der Waals surface area contributed by atoms with Crippen LogP contribution in [0.25, 0.3) is 32.7 Å². The third-order valence-corrected chi connectivity index (χ3v) is 19.2. The molecule has 6 saturated carbocycles. The van der Waals surface area contributed by atoms with E-state index in [1.807, 2.05) is 69.0 Å². The van der Waals surface area contributed by atoms with Crippen LogP contribution in [0.2, 0.25) is 0 Å². The third-order valence-electron chi connectivity index (χ3n) is 19.2. The second kappa shape index (κ2) is 34.4. The van der Waals surface area contributed by atoms with Crippen molar-refractivity contribution in [1.29, 1.82) is 0 Å². The van der Waals surface area contributed by atoms with Crippen molar-refractivity contribution < 1.29 is 88.8 Å². The second-order valence-electron chi connectivity index (χ2n) is 26.9. The Bertz CT molecular complexity index is 4200. The van der Waals surface area contributed by atoms with Gasteiger partial charge in [0.1, 0.15) is 23.0 Å². The molecule has 6 aliphatic carbocycles. The van der Waals surface area contributed by atoms with Crippen LogP contribution in [0.3, 0.4) is 0 Å². The summed E-state index contributed by atoms with van der Waals surface area (Å²) in [5.41, 5.74) is 5.42. The number of pyridine rings is 3. The number of nitrogens with zero attached hydrogens (tertiary/aromatic N) is 9.